The van der Waals surface area contributed by atoms with Crippen LogP contribution in [0.5, 0.6) is 0 Å². The predicted molar refractivity (Wildman–Crippen MR) is 64.7 cm³/mol. The molecule has 3 rings (SSSR count). The van der Waals surface area contributed by atoms with Crippen LogP contribution in [0.3, 0.4) is 0 Å². The van der Waals surface area contributed by atoms with Gasteiger partial charge in [0.2, 0.25) is 0 Å². The van der Waals surface area contributed by atoms with Crippen LogP contribution < -0.4 is 0 Å². The molecule has 0 amide bonds. The fourth-order valence-corrected chi connectivity index (χ4v) is 4.14. The van der Waals surface area contributed by atoms with Crippen LogP contribution in [0.1, 0.15) is 65.2 Å². The topological polar surface area (TPSA) is 0 Å². The molecule has 0 aromatic rings. The molecule has 0 aromatic heterocycles. The second-order valence-corrected chi connectivity index (χ2v) is 7.14. The molecule has 3 aliphatic carbocycles. The second kappa shape index (κ2) is 3.50. The fraction of sp³-hybridized carbons (Fsp3) is 1.00. The minimum atomic E-state index is 0.790. The molecule has 0 saturated heterocycles. The summed E-state index contributed by atoms with van der Waals surface area (Å²) in [7, 11) is 0. The van der Waals surface area contributed by atoms with E-state index >= 15 is 0 Å². The van der Waals surface area contributed by atoms with Gasteiger partial charge in [0.15, 0.2) is 0 Å². The average Bonchev–Trinajstić information content (AvgIpc) is 3.01. The third kappa shape index (κ3) is 2.10. The zero-order valence-corrected chi connectivity index (χ0v) is 10.5. The molecular weight excluding hydrogens is 180 g/mol. The van der Waals surface area contributed by atoms with Gasteiger partial charge in [-0.05, 0) is 54.8 Å². The number of hydrogen-bond acceptors (Lipinski definition) is 0. The third-order valence-corrected chi connectivity index (χ3v) is 5.54. The highest BCUT2D eigenvalue weighted by molar-refractivity contribution is 5.04. The van der Waals surface area contributed by atoms with E-state index in [0.717, 1.165) is 29.1 Å². The van der Waals surface area contributed by atoms with E-state index in [1.807, 2.05) is 0 Å². The van der Waals surface area contributed by atoms with Crippen molar-refractivity contribution in [2.75, 3.05) is 0 Å². The number of hydrogen-bond donors (Lipinski definition) is 0. The summed E-state index contributed by atoms with van der Waals surface area (Å²) < 4.78 is 0. The van der Waals surface area contributed by atoms with Gasteiger partial charge in [-0.2, -0.15) is 0 Å². The Hall–Kier alpha value is 0. The van der Waals surface area contributed by atoms with Crippen LogP contribution in [0, 0.1) is 29.1 Å². The summed E-state index contributed by atoms with van der Waals surface area (Å²) in [6.45, 7) is 5.05. The van der Waals surface area contributed by atoms with E-state index in [0.29, 0.717) is 0 Å². The highest BCUT2D eigenvalue weighted by atomic mass is 14.6. The molecule has 0 heterocycles. The van der Waals surface area contributed by atoms with Crippen LogP contribution in [-0.4, -0.2) is 0 Å². The Morgan fingerprint density at radius 3 is 2.60 bits per heavy atom. The van der Waals surface area contributed by atoms with E-state index in [-0.39, 0.29) is 0 Å². The molecule has 15 heavy (non-hydrogen) atoms. The lowest BCUT2D eigenvalue weighted by Gasteiger charge is -2.13. The molecular formula is C15H26. The van der Waals surface area contributed by atoms with Gasteiger partial charge < -0.3 is 0 Å². The number of fused-ring (bicyclic) bond motifs is 2. The van der Waals surface area contributed by atoms with Gasteiger partial charge >= 0.3 is 0 Å². The van der Waals surface area contributed by atoms with Crippen LogP contribution in [0.4, 0.5) is 0 Å². The smallest absolute Gasteiger partial charge is 0.0292 e. The SMILES string of the molecule is CC1CCCCC2CC2CC2(C)CC2C1. The first kappa shape index (κ1) is 10.2. The Balaban J connectivity index is 1.63. The summed E-state index contributed by atoms with van der Waals surface area (Å²) in [6.07, 6.45) is 12.3. The van der Waals surface area contributed by atoms with E-state index in [1.54, 1.807) is 25.7 Å². The van der Waals surface area contributed by atoms with Crippen LogP contribution in [-0.2, 0) is 0 Å². The monoisotopic (exact) mass is 206 g/mol. The normalized spacial score (nSPS) is 54.8. The summed E-state index contributed by atoms with van der Waals surface area (Å²) in [5.41, 5.74) is 0.790. The van der Waals surface area contributed by atoms with Crippen molar-refractivity contribution in [3.63, 3.8) is 0 Å². The van der Waals surface area contributed by atoms with Crippen LogP contribution in [0.15, 0.2) is 0 Å². The Kier molecular flexibility index (Phi) is 2.37. The molecule has 3 aliphatic rings. The van der Waals surface area contributed by atoms with Crippen LogP contribution in [0.2, 0.25) is 0 Å². The van der Waals surface area contributed by atoms with Gasteiger partial charge in [-0.15, -0.1) is 0 Å². The largest absolute Gasteiger partial charge is 0.0625 e. The maximum absolute atomic E-state index is 2.57. The van der Waals surface area contributed by atoms with Crippen LogP contribution in [0.25, 0.3) is 0 Å². The first-order chi connectivity index (χ1) is 7.17. The highest BCUT2D eigenvalue weighted by Gasteiger charge is 2.54. The number of rotatable bonds is 0. The van der Waals surface area contributed by atoms with E-state index in [4.69, 9.17) is 0 Å². The van der Waals surface area contributed by atoms with E-state index in [1.165, 1.54) is 25.7 Å². The van der Waals surface area contributed by atoms with Gasteiger partial charge in [-0.25, -0.2) is 0 Å². The zero-order valence-electron chi connectivity index (χ0n) is 10.5. The Morgan fingerprint density at radius 2 is 1.73 bits per heavy atom. The van der Waals surface area contributed by atoms with Gasteiger partial charge in [-0.3, -0.25) is 0 Å². The minimum absolute atomic E-state index is 0.790. The van der Waals surface area contributed by atoms with Crippen molar-refractivity contribution in [1.29, 1.82) is 0 Å². The van der Waals surface area contributed by atoms with Gasteiger partial charge in [-0.1, -0.05) is 39.5 Å². The Morgan fingerprint density at radius 1 is 0.933 bits per heavy atom. The lowest BCUT2D eigenvalue weighted by atomic mass is 9.92. The van der Waals surface area contributed by atoms with Crippen molar-refractivity contribution < 1.29 is 0 Å². The molecule has 0 N–H and O–H groups in total. The lowest BCUT2D eigenvalue weighted by molar-refractivity contribution is 0.370. The molecule has 0 aliphatic heterocycles. The summed E-state index contributed by atoms with van der Waals surface area (Å²) in [4.78, 5) is 0. The van der Waals surface area contributed by atoms with Crippen molar-refractivity contribution in [2.45, 2.75) is 65.2 Å². The third-order valence-electron chi connectivity index (χ3n) is 5.54. The quantitative estimate of drug-likeness (QED) is 0.541. The standard InChI is InChI=1S/C15H26/c1-11-5-3-4-6-12-8-13(12)9-15(2)10-14(15)7-11/h11-14H,3-10H2,1-2H3. The minimum Gasteiger partial charge on any atom is -0.0625 e. The average molecular weight is 206 g/mol. The molecule has 0 nitrogen and oxygen atoms in total. The molecule has 0 bridgehead atoms. The maximum Gasteiger partial charge on any atom is -0.0292 e. The molecule has 0 radical (unpaired) electrons. The van der Waals surface area contributed by atoms with E-state index < -0.39 is 0 Å². The van der Waals surface area contributed by atoms with Crippen molar-refractivity contribution in [3.05, 3.63) is 0 Å². The predicted octanol–water partition coefficient (Wildman–Crippen LogP) is 4.64. The van der Waals surface area contributed by atoms with Crippen molar-refractivity contribution in [3.8, 4) is 0 Å². The molecule has 5 atom stereocenters. The van der Waals surface area contributed by atoms with E-state index in [2.05, 4.69) is 13.8 Å². The zero-order chi connectivity index (χ0) is 10.5. The lowest BCUT2D eigenvalue weighted by Crippen LogP contribution is -2.03. The molecule has 0 aromatic carbocycles. The van der Waals surface area contributed by atoms with Gasteiger partial charge in [0.05, 0.1) is 0 Å². The second-order valence-electron chi connectivity index (χ2n) is 7.14. The van der Waals surface area contributed by atoms with Crippen molar-refractivity contribution in [1.82, 2.24) is 0 Å². The fourth-order valence-electron chi connectivity index (χ4n) is 4.14. The van der Waals surface area contributed by atoms with Gasteiger partial charge in [0.1, 0.15) is 0 Å². The van der Waals surface area contributed by atoms with Crippen molar-refractivity contribution >= 4 is 0 Å². The first-order valence-electron chi connectivity index (χ1n) is 7.17. The van der Waals surface area contributed by atoms with E-state index in [9.17, 15) is 0 Å². The molecule has 3 fully saturated rings. The van der Waals surface area contributed by atoms with Crippen LogP contribution >= 0.6 is 0 Å². The molecule has 5 unspecified atom stereocenters. The Bertz CT molecular complexity index is 244. The van der Waals surface area contributed by atoms with Crippen molar-refractivity contribution in [2.24, 2.45) is 29.1 Å². The summed E-state index contributed by atoms with van der Waals surface area (Å²) in [5, 5.41) is 0. The highest BCUT2D eigenvalue weighted by Crippen LogP contribution is 2.63. The molecule has 86 valence electrons. The molecule has 3 saturated carbocycles. The summed E-state index contributed by atoms with van der Waals surface area (Å²) in [5.74, 6) is 4.41. The van der Waals surface area contributed by atoms with Gasteiger partial charge in [0.25, 0.3) is 0 Å². The van der Waals surface area contributed by atoms with Gasteiger partial charge in [0, 0.05) is 0 Å². The maximum atomic E-state index is 2.57. The Labute approximate surface area is 94.8 Å². The summed E-state index contributed by atoms with van der Waals surface area (Å²) >= 11 is 0. The molecule has 0 heteroatoms. The summed E-state index contributed by atoms with van der Waals surface area (Å²) in [6, 6.07) is 0. The first-order valence-corrected chi connectivity index (χ1v) is 7.17. The molecule has 0 spiro atoms.